The molecule has 0 N–H and O–H groups in total. The van der Waals surface area contributed by atoms with Crippen molar-refractivity contribution in [2.24, 2.45) is 0 Å². The minimum atomic E-state index is -0.436. The number of carbonyl (C=O) groups is 2. The average molecular weight is 305 g/mol. The molecule has 1 aromatic heterocycles. The molecule has 0 aliphatic carbocycles. The number of piperidine rings is 1. The molecule has 1 spiro atoms. The fourth-order valence-electron chi connectivity index (χ4n) is 3.58. The van der Waals surface area contributed by atoms with E-state index < -0.39 is 5.54 Å². The highest BCUT2D eigenvalue weighted by molar-refractivity contribution is 5.92. The molecule has 0 bridgehead atoms. The Morgan fingerprint density at radius 1 is 1.27 bits per heavy atom. The summed E-state index contributed by atoms with van der Waals surface area (Å²) in [5.74, 6) is 0.501. The van der Waals surface area contributed by atoms with Crippen molar-refractivity contribution in [1.29, 1.82) is 0 Å². The van der Waals surface area contributed by atoms with Crippen LogP contribution in [0.1, 0.15) is 30.3 Å². The summed E-state index contributed by atoms with van der Waals surface area (Å²) >= 11 is 0. The van der Waals surface area contributed by atoms with E-state index in [1.165, 1.54) is 6.26 Å². The lowest BCUT2D eigenvalue weighted by Gasteiger charge is -2.51. The van der Waals surface area contributed by atoms with Crippen molar-refractivity contribution in [2.75, 3.05) is 39.8 Å². The fraction of sp³-hybridized carbons (Fsp3) is 0.625. The van der Waals surface area contributed by atoms with Gasteiger partial charge in [0.1, 0.15) is 5.54 Å². The number of amides is 2. The monoisotopic (exact) mass is 305 g/mol. The summed E-state index contributed by atoms with van der Waals surface area (Å²) in [5, 5.41) is 0. The Hall–Kier alpha value is -1.82. The van der Waals surface area contributed by atoms with E-state index in [2.05, 4.69) is 4.90 Å². The van der Waals surface area contributed by atoms with Gasteiger partial charge in [0.25, 0.3) is 5.91 Å². The number of nitrogens with zero attached hydrogens (tertiary/aromatic N) is 3. The first-order valence-corrected chi connectivity index (χ1v) is 7.92. The molecule has 2 amide bonds. The minimum absolute atomic E-state index is 0.0851. The second-order valence-electron chi connectivity index (χ2n) is 6.11. The minimum Gasteiger partial charge on any atom is -0.459 e. The second kappa shape index (κ2) is 5.76. The van der Waals surface area contributed by atoms with Gasteiger partial charge in [-0.1, -0.05) is 0 Å². The Labute approximate surface area is 130 Å². The summed E-state index contributed by atoms with van der Waals surface area (Å²) in [4.78, 5) is 31.0. The number of hydrogen-bond donors (Lipinski definition) is 0. The molecule has 2 fully saturated rings. The second-order valence-corrected chi connectivity index (χ2v) is 6.11. The van der Waals surface area contributed by atoms with Crippen molar-refractivity contribution >= 4 is 11.8 Å². The molecule has 120 valence electrons. The topological polar surface area (TPSA) is 57.0 Å². The van der Waals surface area contributed by atoms with E-state index in [1.807, 2.05) is 18.9 Å². The smallest absolute Gasteiger partial charge is 0.289 e. The standard InChI is InChI=1S/C16H23N3O3/c1-3-18-11-10-17(2)16(15(18)21)6-8-19(9-7-16)14(20)13-5-4-12-22-13/h4-5,12H,3,6-11H2,1-2H3. The lowest BCUT2D eigenvalue weighted by Crippen LogP contribution is -2.67. The normalized spacial score (nSPS) is 22.4. The molecule has 3 rings (SSSR count). The highest BCUT2D eigenvalue weighted by Gasteiger charge is 2.49. The van der Waals surface area contributed by atoms with E-state index in [-0.39, 0.29) is 11.8 Å². The number of hydrogen-bond acceptors (Lipinski definition) is 4. The Kier molecular flexibility index (Phi) is 3.95. The summed E-state index contributed by atoms with van der Waals surface area (Å²) in [6.45, 7) is 5.64. The number of likely N-dealkylation sites (tertiary alicyclic amines) is 1. The van der Waals surface area contributed by atoms with E-state index >= 15 is 0 Å². The maximum atomic E-state index is 12.8. The predicted octanol–water partition coefficient (Wildman–Crippen LogP) is 1.05. The summed E-state index contributed by atoms with van der Waals surface area (Å²) in [5.41, 5.74) is -0.436. The Balaban J connectivity index is 1.72. The molecule has 6 nitrogen and oxygen atoms in total. The third-order valence-electron chi connectivity index (χ3n) is 5.11. The van der Waals surface area contributed by atoms with Gasteiger partial charge in [0.15, 0.2) is 5.76 Å². The van der Waals surface area contributed by atoms with E-state index in [0.717, 1.165) is 19.6 Å². The van der Waals surface area contributed by atoms with Crippen LogP contribution in [-0.2, 0) is 4.79 Å². The maximum absolute atomic E-state index is 12.8. The summed E-state index contributed by atoms with van der Waals surface area (Å²) in [6.07, 6.45) is 2.88. The summed E-state index contributed by atoms with van der Waals surface area (Å²) in [6, 6.07) is 3.40. The van der Waals surface area contributed by atoms with Crippen LogP contribution in [0.3, 0.4) is 0 Å². The molecule has 0 aromatic carbocycles. The van der Waals surface area contributed by atoms with Crippen LogP contribution >= 0.6 is 0 Å². The quantitative estimate of drug-likeness (QED) is 0.819. The third-order valence-corrected chi connectivity index (χ3v) is 5.11. The van der Waals surface area contributed by atoms with Crippen LogP contribution in [0.25, 0.3) is 0 Å². The van der Waals surface area contributed by atoms with Crippen molar-refractivity contribution in [3.63, 3.8) is 0 Å². The molecule has 22 heavy (non-hydrogen) atoms. The van der Waals surface area contributed by atoms with Gasteiger partial charge >= 0.3 is 0 Å². The molecule has 2 aliphatic heterocycles. The predicted molar refractivity (Wildman–Crippen MR) is 81.5 cm³/mol. The van der Waals surface area contributed by atoms with Crippen LogP contribution in [-0.4, -0.2) is 71.8 Å². The van der Waals surface area contributed by atoms with Gasteiger partial charge < -0.3 is 14.2 Å². The van der Waals surface area contributed by atoms with Crippen LogP contribution in [0, 0.1) is 0 Å². The van der Waals surface area contributed by atoms with Gasteiger partial charge in [0.05, 0.1) is 6.26 Å². The molecule has 1 aromatic rings. The van der Waals surface area contributed by atoms with E-state index in [1.54, 1.807) is 17.0 Å². The van der Waals surface area contributed by atoms with Gasteiger partial charge in [-0.2, -0.15) is 0 Å². The number of likely N-dealkylation sites (N-methyl/N-ethyl adjacent to an activating group) is 2. The number of rotatable bonds is 2. The van der Waals surface area contributed by atoms with E-state index in [9.17, 15) is 9.59 Å². The zero-order valence-corrected chi connectivity index (χ0v) is 13.2. The molecule has 0 unspecified atom stereocenters. The lowest BCUT2D eigenvalue weighted by molar-refractivity contribution is -0.153. The van der Waals surface area contributed by atoms with Gasteiger partial charge in [-0.25, -0.2) is 0 Å². The van der Waals surface area contributed by atoms with Crippen molar-refractivity contribution < 1.29 is 14.0 Å². The molecule has 0 atom stereocenters. The SMILES string of the molecule is CCN1CCN(C)C2(CCN(C(=O)c3ccco3)CC2)C1=O. The van der Waals surface area contributed by atoms with Crippen molar-refractivity contribution in [1.82, 2.24) is 14.7 Å². The maximum Gasteiger partial charge on any atom is 0.289 e. The van der Waals surface area contributed by atoms with Gasteiger partial charge in [-0.3, -0.25) is 14.5 Å². The third kappa shape index (κ3) is 2.31. The Bertz CT molecular complexity index is 547. The first-order chi connectivity index (χ1) is 10.6. The zero-order valence-electron chi connectivity index (χ0n) is 13.2. The molecular weight excluding hydrogens is 282 g/mol. The van der Waals surface area contributed by atoms with Gasteiger partial charge in [-0.05, 0) is 38.9 Å². The summed E-state index contributed by atoms with van der Waals surface area (Å²) in [7, 11) is 2.02. The van der Waals surface area contributed by atoms with Crippen LogP contribution in [0.15, 0.2) is 22.8 Å². The number of piperazine rings is 1. The molecule has 3 heterocycles. The highest BCUT2D eigenvalue weighted by atomic mass is 16.3. The molecule has 0 saturated carbocycles. The molecule has 6 heteroatoms. The van der Waals surface area contributed by atoms with Crippen LogP contribution < -0.4 is 0 Å². The molecule has 2 aliphatic rings. The van der Waals surface area contributed by atoms with Gasteiger partial charge in [-0.15, -0.1) is 0 Å². The lowest BCUT2D eigenvalue weighted by atomic mass is 9.82. The highest BCUT2D eigenvalue weighted by Crippen LogP contribution is 2.33. The molecule has 2 saturated heterocycles. The van der Waals surface area contributed by atoms with Gasteiger partial charge in [0, 0.05) is 32.7 Å². The fourth-order valence-corrected chi connectivity index (χ4v) is 3.58. The van der Waals surface area contributed by atoms with Crippen molar-refractivity contribution in [2.45, 2.75) is 25.3 Å². The Morgan fingerprint density at radius 2 is 2.00 bits per heavy atom. The van der Waals surface area contributed by atoms with Crippen molar-refractivity contribution in [3.05, 3.63) is 24.2 Å². The summed E-state index contributed by atoms with van der Waals surface area (Å²) < 4.78 is 5.19. The van der Waals surface area contributed by atoms with E-state index in [0.29, 0.717) is 31.7 Å². The average Bonchev–Trinajstić information content (AvgIpc) is 3.07. The molecule has 0 radical (unpaired) electrons. The van der Waals surface area contributed by atoms with Crippen LogP contribution in [0.2, 0.25) is 0 Å². The largest absolute Gasteiger partial charge is 0.459 e. The first kappa shape index (κ1) is 15.1. The van der Waals surface area contributed by atoms with Crippen LogP contribution in [0.5, 0.6) is 0 Å². The molecular formula is C16H23N3O3. The van der Waals surface area contributed by atoms with Crippen molar-refractivity contribution in [3.8, 4) is 0 Å². The van der Waals surface area contributed by atoms with Gasteiger partial charge in [0.2, 0.25) is 5.91 Å². The van der Waals surface area contributed by atoms with E-state index in [4.69, 9.17) is 4.42 Å². The zero-order chi connectivity index (χ0) is 15.7. The first-order valence-electron chi connectivity index (χ1n) is 7.92. The number of furan rings is 1. The Morgan fingerprint density at radius 3 is 2.59 bits per heavy atom. The number of carbonyl (C=O) groups excluding carboxylic acids is 2. The van der Waals surface area contributed by atoms with Crippen LogP contribution in [0.4, 0.5) is 0 Å².